The Balaban J connectivity index is 2.05. The molecule has 0 aromatic heterocycles. The molecule has 1 fully saturated rings. The van der Waals surface area contributed by atoms with E-state index in [9.17, 15) is 0 Å². The van der Waals surface area contributed by atoms with E-state index in [4.69, 9.17) is 10.5 Å². The molecule has 2 unspecified atom stereocenters. The van der Waals surface area contributed by atoms with Gasteiger partial charge < -0.3 is 10.5 Å². The fourth-order valence-electron chi connectivity index (χ4n) is 2.42. The van der Waals surface area contributed by atoms with Gasteiger partial charge in [0.05, 0.1) is 6.61 Å². The van der Waals surface area contributed by atoms with E-state index >= 15 is 0 Å². The van der Waals surface area contributed by atoms with Crippen molar-refractivity contribution in [2.24, 2.45) is 11.7 Å². The van der Waals surface area contributed by atoms with Crippen molar-refractivity contribution in [1.29, 1.82) is 0 Å². The SMILES string of the molecule is CC(C)c1ccc(C(N)C2CCCOC2)cc1. The maximum absolute atomic E-state index is 6.32. The normalized spacial score (nSPS) is 22.7. The van der Waals surface area contributed by atoms with Crippen molar-refractivity contribution in [3.05, 3.63) is 35.4 Å². The zero-order valence-corrected chi connectivity index (χ0v) is 10.9. The molecule has 1 aromatic rings. The second-order valence-corrected chi connectivity index (χ2v) is 5.32. The van der Waals surface area contributed by atoms with E-state index in [1.54, 1.807) is 0 Å². The molecule has 2 heteroatoms. The third kappa shape index (κ3) is 3.08. The summed E-state index contributed by atoms with van der Waals surface area (Å²) in [5, 5.41) is 0. The standard InChI is InChI=1S/C15H23NO/c1-11(2)12-5-7-13(8-6-12)15(16)14-4-3-9-17-10-14/h5-8,11,14-15H,3-4,9-10,16H2,1-2H3. The Morgan fingerprint density at radius 1 is 1.18 bits per heavy atom. The fraction of sp³-hybridized carbons (Fsp3) is 0.600. The quantitative estimate of drug-likeness (QED) is 0.870. The number of hydrogen-bond acceptors (Lipinski definition) is 2. The summed E-state index contributed by atoms with van der Waals surface area (Å²) in [6.45, 7) is 6.14. The summed E-state index contributed by atoms with van der Waals surface area (Å²) in [6.07, 6.45) is 2.33. The van der Waals surface area contributed by atoms with E-state index in [1.165, 1.54) is 17.5 Å². The van der Waals surface area contributed by atoms with E-state index in [0.717, 1.165) is 19.6 Å². The van der Waals surface area contributed by atoms with Gasteiger partial charge in [-0.15, -0.1) is 0 Å². The molecule has 1 aliphatic heterocycles. The van der Waals surface area contributed by atoms with Crippen LogP contribution in [0.25, 0.3) is 0 Å². The summed E-state index contributed by atoms with van der Waals surface area (Å²) < 4.78 is 5.51. The molecule has 17 heavy (non-hydrogen) atoms. The first-order valence-electron chi connectivity index (χ1n) is 6.61. The molecule has 0 saturated carbocycles. The highest BCUT2D eigenvalue weighted by Gasteiger charge is 2.22. The summed E-state index contributed by atoms with van der Waals surface area (Å²) in [7, 11) is 0. The van der Waals surface area contributed by atoms with Crippen LogP contribution in [0.1, 0.15) is 49.8 Å². The molecule has 2 atom stereocenters. The molecule has 0 spiro atoms. The van der Waals surface area contributed by atoms with Crippen LogP contribution in [0.5, 0.6) is 0 Å². The lowest BCUT2D eigenvalue weighted by Crippen LogP contribution is -2.29. The summed E-state index contributed by atoms with van der Waals surface area (Å²) in [6, 6.07) is 8.87. The maximum Gasteiger partial charge on any atom is 0.0512 e. The predicted octanol–water partition coefficient (Wildman–Crippen LogP) is 3.24. The Labute approximate surface area is 104 Å². The Morgan fingerprint density at radius 3 is 2.35 bits per heavy atom. The van der Waals surface area contributed by atoms with Crippen molar-refractivity contribution in [3.63, 3.8) is 0 Å². The van der Waals surface area contributed by atoms with Crippen LogP contribution in [-0.4, -0.2) is 13.2 Å². The van der Waals surface area contributed by atoms with Crippen LogP contribution in [0.15, 0.2) is 24.3 Å². The van der Waals surface area contributed by atoms with Gasteiger partial charge in [-0.2, -0.15) is 0 Å². The molecule has 2 nitrogen and oxygen atoms in total. The van der Waals surface area contributed by atoms with Crippen LogP contribution in [-0.2, 0) is 4.74 Å². The van der Waals surface area contributed by atoms with Gasteiger partial charge in [-0.05, 0) is 29.9 Å². The maximum atomic E-state index is 6.32. The summed E-state index contributed by atoms with van der Waals surface area (Å²) in [5.41, 5.74) is 8.93. The fourth-order valence-corrected chi connectivity index (χ4v) is 2.42. The number of hydrogen-bond donors (Lipinski definition) is 1. The summed E-state index contributed by atoms with van der Waals surface area (Å²) in [5.74, 6) is 1.06. The molecule has 1 aliphatic rings. The highest BCUT2D eigenvalue weighted by atomic mass is 16.5. The van der Waals surface area contributed by atoms with Gasteiger partial charge in [-0.25, -0.2) is 0 Å². The molecule has 0 bridgehead atoms. The van der Waals surface area contributed by atoms with Crippen molar-refractivity contribution in [1.82, 2.24) is 0 Å². The Morgan fingerprint density at radius 2 is 1.82 bits per heavy atom. The molecule has 1 heterocycles. The van der Waals surface area contributed by atoms with Crippen LogP contribution in [0.4, 0.5) is 0 Å². The first kappa shape index (κ1) is 12.6. The number of benzene rings is 1. The summed E-state index contributed by atoms with van der Waals surface area (Å²) in [4.78, 5) is 0. The van der Waals surface area contributed by atoms with Crippen molar-refractivity contribution in [2.75, 3.05) is 13.2 Å². The highest BCUT2D eigenvalue weighted by Crippen LogP contribution is 2.27. The number of ether oxygens (including phenoxy) is 1. The van der Waals surface area contributed by atoms with Crippen LogP contribution in [0.3, 0.4) is 0 Å². The van der Waals surface area contributed by atoms with E-state index in [2.05, 4.69) is 38.1 Å². The molecule has 0 radical (unpaired) electrons. The number of rotatable bonds is 3. The van der Waals surface area contributed by atoms with Crippen molar-refractivity contribution in [2.45, 2.75) is 38.6 Å². The van der Waals surface area contributed by atoms with E-state index in [0.29, 0.717) is 11.8 Å². The molecule has 0 aliphatic carbocycles. The average Bonchev–Trinajstić information content (AvgIpc) is 2.39. The van der Waals surface area contributed by atoms with Crippen LogP contribution in [0.2, 0.25) is 0 Å². The lowest BCUT2D eigenvalue weighted by atomic mass is 9.88. The van der Waals surface area contributed by atoms with E-state index in [1.807, 2.05) is 0 Å². The Bertz CT molecular complexity index is 338. The van der Waals surface area contributed by atoms with Gasteiger partial charge in [0.15, 0.2) is 0 Å². The van der Waals surface area contributed by atoms with Gasteiger partial charge in [0.1, 0.15) is 0 Å². The minimum Gasteiger partial charge on any atom is -0.381 e. The zero-order valence-electron chi connectivity index (χ0n) is 10.9. The van der Waals surface area contributed by atoms with Gasteiger partial charge in [-0.3, -0.25) is 0 Å². The Hall–Kier alpha value is -0.860. The molecule has 2 N–H and O–H groups in total. The van der Waals surface area contributed by atoms with Gasteiger partial charge >= 0.3 is 0 Å². The minimum atomic E-state index is 0.122. The molecule has 2 rings (SSSR count). The number of nitrogens with two attached hydrogens (primary N) is 1. The van der Waals surface area contributed by atoms with Crippen molar-refractivity contribution >= 4 is 0 Å². The molecule has 94 valence electrons. The van der Waals surface area contributed by atoms with Gasteiger partial charge in [0.2, 0.25) is 0 Å². The van der Waals surface area contributed by atoms with Gasteiger partial charge in [0, 0.05) is 18.6 Å². The average molecular weight is 233 g/mol. The van der Waals surface area contributed by atoms with Crippen molar-refractivity contribution < 1.29 is 4.74 Å². The molecular weight excluding hydrogens is 210 g/mol. The van der Waals surface area contributed by atoms with Crippen LogP contribution >= 0.6 is 0 Å². The third-order valence-corrected chi connectivity index (χ3v) is 3.69. The Kier molecular flexibility index (Phi) is 4.19. The first-order valence-corrected chi connectivity index (χ1v) is 6.61. The monoisotopic (exact) mass is 233 g/mol. The smallest absolute Gasteiger partial charge is 0.0512 e. The lowest BCUT2D eigenvalue weighted by molar-refractivity contribution is 0.0448. The molecular formula is C15H23NO. The summed E-state index contributed by atoms with van der Waals surface area (Å²) >= 11 is 0. The molecule has 0 amide bonds. The topological polar surface area (TPSA) is 35.2 Å². The van der Waals surface area contributed by atoms with Crippen molar-refractivity contribution in [3.8, 4) is 0 Å². The van der Waals surface area contributed by atoms with Crippen LogP contribution < -0.4 is 5.73 Å². The molecule has 1 saturated heterocycles. The second-order valence-electron chi connectivity index (χ2n) is 5.32. The highest BCUT2D eigenvalue weighted by molar-refractivity contribution is 5.27. The zero-order chi connectivity index (χ0) is 12.3. The van der Waals surface area contributed by atoms with E-state index in [-0.39, 0.29) is 6.04 Å². The van der Waals surface area contributed by atoms with Gasteiger partial charge in [0.25, 0.3) is 0 Å². The third-order valence-electron chi connectivity index (χ3n) is 3.69. The largest absolute Gasteiger partial charge is 0.381 e. The first-order chi connectivity index (χ1) is 8.18. The lowest BCUT2D eigenvalue weighted by Gasteiger charge is -2.28. The predicted molar refractivity (Wildman–Crippen MR) is 71.0 cm³/mol. The van der Waals surface area contributed by atoms with Gasteiger partial charge in [-0.1, -0.05) is 38.1 Å². The minimum absolute atomic E-state index is 0.122. The van der Waals surface area contributed by atoms with Crippen LogP contribution in [0, 0.1) is 5.92 Å². The molecule has 1 aromatic carbocycles. The van der Waals surface area contributed by atoms with E-state index < -0.39 is 0 Å². The second kappa shape index (κ2) is 5.65.